The summed E-state index contributed by atoms with van der Waals surface area (Å²) in [6, 6.07) is 6.90. The Kier molecular flexibility index (Phi) is 15.2. The molecule has 27 heteroatoms. The molecule has 0 amide bonds. The molecule has 2 rings (SSSR count). The zero-order valence-electron chi connectivity index (χ0n) is 16.8. The van der Waals surface area contributed by atoms with Crippen molar-refractivity contribution in [3.8, 4) is 5.75 Å². The fourth-order valence-corrected chi connectivity index (χ4v) is 2.35. The van der Waals surface area contributed by atoms with Gasteiger partial charge in [0, 0.05) is 11.5 Å². The van der Waals surface area contributed by atoms with Crippen LogP contribution in [0.5, 0.6) is 5.75 Å². The van der Waals surface area contributed by atoms with Gasteiger partial charge >= 0.3 is 34.7 Å². The molecule has 0 heterocycles. The van der Waals surface area contributed by atoms with Gasteiger partial charge in [-0.15, -0.1) is 0 Å². The summed E-state index contributed by atoms with van der Waals surface area (Å²) >= 11 is 0. The van der Waals surface area contributed by atoms with Gasteiger partial charge in [0.15, 0.2) is 4.98 Å². The van der Waals surface area contributed by atoms with Gasteiger partial charge in [0.05, 0.1) is 5.39 Å². The highest BCUT2D eigenvalue weighted by molar-refractivity contribution is 7.86. The minimum absolute atomic E-state index is 0.145. The van der Waals surface area contributed by atoms with Gasteiger partial charge in [-0.25, -0.2) is 0 Å². The first-order chi connectivity index (χ1) is 15.9. The molecular formula is C10H7B4F16N2O4S-3. The van der Waals surface area contributed by atoms with E-state index in [1.807, 2.05) is 0 Å². The Balaban J connectivity index is -0.000000476. The topological polar surface area (TPSA) is 103 Å². The van der Waals surface area contributed by atoms with Crippen molar-refractivity contribution in [2.75, 3.05) is 0 Å². The predicted octanol–water partition coefficient (Wildman–Crippen LogP) is 7.48. The molecule has 0 aliphatic heterocycles. The Labute approximate surface area is 195 Å². The van der Waals surface area contributed by atoms with E-state index in [0.717, 1.165) is 6.07 Å². The number of halogens is 16. The number of phenolic OH excluding ortho intramolecular Hbond substituents is 1. The van der Waals surface area contributed by atoms with Gasteiger partial charge in [0.2, 0.25) is 11.1 Å². The van der Waals surface area contributed by atoms with Crippen molar-refractivity contribution in [3.05, 3.63) is 35.3 Å². The van der Waals surface area contributed by atoms with Gasteiger partial charge in [0.25, 0.3) is 10.1 Å². The van der Waals surface area contributed by atoms with Crippen LogP contribution in [0.2, 0.25) is 0 Å². The van der Waals surface area contributed by atoms with Crippen molar-refractivity contribution < 1.29 is 87.1 Å². The highest BCUT2D eigenvalue weighted by Gasteiger charge is 2.25. The van der Waals surface area contributed by atoms with Crippen molar-refractivity contribution >= 4 is 55.6 Å². The summed E-state index contributed by atoms with van der Waals surface area (Å²) in [6.45, 7) is 0. The number of phenols is 1. The zero-order valence-corrected chi connectivity index (χ0v) is 17.6. The van der Waals surface area contributed by atoms with Crippen molar-refractivity contribution in [2.45, 2.75) is 4.90 Å². The van der Waals surface area contributed by atoms with E-state index in [1.165, 1.54) is 12.1 Å². The summed E-state index contributed by atoms with van der Waals surface area (Å²) in [5.74, 6) is -0.529. The third-order valence-corrected chi connectivity index (χ3v) is 3.23. The zero-order chi connectivity index (χ0) is 30.6. The van der Waals surface area contributed by atoms with Crippen LogP contribution in [0.25, 0.3) is 15.7 Å². The van der Waals surface area contributed by atoms with Crippen molar-refractivity contribution in [3.63, 3.8) is 0 Å². The molecule has 0 fully saturated rings. The molecule has 2 N–H and O–H groups in total. The number of rotatable bonds is 1. The van der Waals surface area contributed by atoms with Crippen LogP contribution in [-0.2, 0) is 10.1 Å². The molecule has 0 spiro atoms. The van der Waals surface area contributed by atoms with Gasteiger partial charge in [-0.2, -0.15) is 8.42 Å². The van der Waals surface area contributed by atoms with Crippen LogP contribution in [0.15, 0.2) is 35.2 Å². The summed E-state index contributed by atoms with van der Waals surface area (Å²) in [7, 11) is -28.5. The standard InChI is InChI=1S/C10H6N2O4S.4BF4/c11-12-10-7-4-2-1-3-6(7)9(5-8(10)13)17(14,15)16;4*2-1(3,4)5/h1-5H,(H-,13,14,15,16);;;;/q;4*-1/p+1. The third kappa shape index (κ3) is 30.9. The van der Waals surface area contributed by atoms with Crippen LogP contribution in [0.1, 0.15) is 0 Å². The van der Waals surface area contributed by atoms with E-state index < -0.39 is 49.8 Å². The lowest BCUT2D eigenvalue weighted by molar-refractivity contribution is 0.366. The molecular weight excluding hydrogens is 591 g/mol. The largest absolute Gasteiger partial charge is 0.673 e. The van der Waals surface area contributed by atoms with E-state index in [-0.39, 0.29) is 16.5 Å². The molecule has 6 nitrogen and oxygen atoms in total. The SMILES string of the molecule is F[B-](F)(F)F.F[B-](F)(F)F.F[B-](F)(F)F.F[B-](F)(F)F.N#[N+]c1c(O)cc(S(=O)(=O)O)c2ccccc12. The lowest BCUT2D eigenvalue weighted by Crippen LogP contribution is -2.02. The van der Waals surface area contributed by atoms with Gasteiger partial charge in [-0.1, -0.05) is 18.2 Å². The molecule has 0 unspecified atom stereocenters. The second-order valence-corrected chi connectivity index (χ2v) is 6.73. The van der Waals surface area contributed by atoms with Gasteiger partial charge in [-0.3, -0.25) is 4.55 Å². The maximum absolute atomic E-state index is 11.2. The third-order valence-electron chi connectivity index (χ3n) is 2.34. The average molecular weight is 598 g/mol. The van der Waals surface area contributed by atoms with Crippen molar-refractivity contribution in [1.82, 2.24) is 0 Å². The first kappa shape index (κ1) is 38.5. The maximum atomic E-state index is 11.2. The molecule has 2 aromatic rings. The highest BCUT2D eigenvalue weighted by Crippen LogP contribution is 2.38. The van der Waals surface area contributed by atoms with Crippen LogP contribution in [-0.4, -0.2) is 47.1 Å². The van der Waals surface area contributed by atoms with Crippen LogP contribution >= 0.6 is 0 Å². The Morgan fingerprint density at radius 2 is 0.919 bits per heavy atom. The molecule has 0 saturated heterocycles. The Morgan fingerprint density at radius 3 is 1.16 bits per heavy atom. The molecule has 0 saturated carbocycles. The number of hydrogen-bond acceptors (Lipinski definition) is 4. The number of aromatic hydroxyl groups is 1. The van der Waals surface area contributed by atoms with E-state index in [0.29, 0.717) is 0 Å². The second-order valence-electron chi connectivity index (χ2n) is 5.34. The molecule has 2 aromatic carbocycles. The number of diazo groups is 1. The number of hydrogen-bond donors (Lipinski definition) is 2. The Hall–Kier alpha value is -3.03. The molecule has 0 aliphatic carbocycles. The van der Waals surface area contributed by atoms with E-state index in [9.17, 15) is 82.6 Å². The number of fused-ring (bicyclic) bond motifs is 1. The van der Waals surface area contributed by atoms with Crippen LogP contribution in [0, 0.1) is 5.39 Å². The normalized spacial score (nSPS) is 11.7. The molecule has 0 aromatic heterocycles. The smallest absolute Gasteiger partial charge is 0.501 e. The Bertz CT molecular complexity index is 1060. The first-order valence-electron chi connectivity index (χ1n) is 8.01. The van der Waals surface area contributed by atoms with E-state index in [1.54, 1.807) is 12.1 Å². The monoisotopic (exact) mass is 599 g/mol. The maximum Gasteiger partial charge on any atom is 0.673 e. The molecule has 37 heavy (non-hydrogen) atoms. The van der Waals surface area contributed by atoms with E-state index >= 15 is 0 Å². The summed E-state index contributed by atoms with van der Waals surface area (Å²) in [5, 5.41) is 18.7. The lowest BCUT2D eigenvalue weighted by atomic mass is 10.1. The highest BCUT2D eigenvalue weighted by atomic mass is 32.2. The Morgan fingerprint density at radius 1 is 0.649 bits per heavy atom. The first-order valence-corrected chi connectivity index (χ1v) is 9.45. The van der Waals surface area contributed by atoms with E-state index in [2.05, 4.69) is 4.98 Å². The molecule has 214 valence electrons. The number of benzene rings is 2. The molecule has 0 radical (unpaired) electrons. The minimum Gasteiger partial charge on any atom is -0.501 e. The average Bonchev–Trinajstić information content (AvgIpc) is 2.54. The van der Waals surface area contributed by atoms with Gasteiger partial charge < -0.3 is 74.2 Å². The summed E-state index contributed by atoms with van der Waals surface area (Å²) in [5.41, 5.74) is -0.145. The fourth-order valence-electron chi connectivity index (χ4n) is 1.63. The molecule has 0 aliphatic rings. The van der Waals surface area contributed by atoms with Crippen LogP contribution in [0.4, 0.5) is 74.7 Å². The van der Waals surface area contributed by atoms with Gasteiger partial charge in [0.1, 0.15) is 4.90 Å². The fraction of sp³-hybridized carbons (Fsp3) is 0. The van der Waals surface area contributed by atoms with Gasteiger partial charge in [-0.05, 0) is 6.07 Å². The van der Waals surface area contributed by atoms with Crippen molar-refractivity contribution in [2.24, 2.45) is 0 Å². The van der Waals surface area contributed by atoms with Crippen LogP contribution < -0.4 is 0 Å². The summed E-state index contributed by atoms with van der Waals surface area (Å²) in [6.07, 6.45) is 0. The summed E-state index contributed by atoms with van der Waals surface area (Å²) in [4.78, 5) is 2.46. The molecule has 0 atom stereocenters. The summed E-state index contributed by atoms with van der Waals surface area (Å²) < 4.78 is 187. The van der Waals surface area contributed by atoms with Crippen molar-refractivity contribution in [1.29, 1.82) is 5.39 Å². The predicted molar refractivity (Wildman–Crippen MR) is 101 cm³/mol. The quantitative estimate of drug-likeness (QED) is 0.153. The van der Waals surface area contributed by atoms with Crippen LogP contribution in [0.3, 0.4) is 0 Å². The minimum atomic E-state index is -6.00. The second kappa shape index (κ2) is 14.6. The number of nitrogens with zero attached hydrogens (tertiary/aromatic N) is 2. The molecule has 0 bridgehead atoms. The van der Waals surface area contributed by atoms with E-state index in [4.69, 9.17) is 9.95 Å². The lowest BCUT2D eigenvalue weighted by Gasteiger charge is -2.02.